The molecule has 2 aromatic heterocycles. The van der Waals surface area contributed by atoms with Gasteiger partial charge >= 0.3 is 0 Å². The number of rotatable bonds is 7. The number of nitrogens with one attached hydrogen (secondary N) is 1. The van der Waals surface area contributed by atoms with Crippen LogP contribution in [0.1, 0.15) is 39.8 Å². The molecule has 0 bridgehead atoms. The van der Waals surface area contributed by atoms with Crippen molar-refractivity contribution >= 4 is 17.2 Å². The molecule has 1 aliphatic heterocycles. The molecule has 0 unspecified atom stereocenters. The topological polar surface area (TPSA) is 54.5 Å². The van der Waals surface area contributed by atoms with E-state index < -0.39 is 0 Å². The summed E-state index contributed by atoms with van der Waals surface area (Å²) in [5.74, 6) is 1.20. The molecule has 3 aromatic rings. The first-order valence-corrected chi connectivity index (χ1v) is 11.2. The van der Waals surface area contributed by atoms with Crippen LogP contribution in [0.25, 0.3) is 0 Å². The summed E-state index contributed by atoms with van der Waals surface area (Å²) in [5, 5.41) is 5.20. The van der Waals surface area contributed by atoms with Crippen LogP contribution < -0.4 is 10.1 Å². The fourth-order valence-electron chi connectivity index (χ4n) is 4.19. The van der Waals surface area contributed by atoms with E-state index in [4.69, 9.17) is 4.74 Å². The Balaban J connectivity index is 1.52. The molecule has 6 heteroatoms. The summed E-state index contributed by atoms with van der Waals surface area (Å²) in [6, 6.07) is 17.8. The van der Waals surface area contributed by atoms with Gasteiger partial charge in [-0.1, -0.05) is 30.3 Å². The Hall–Kier alpha value is -2.70. The monoisotopic (exact) mass is 421 g/mol. The van der Waals surface area contributed by atoms with Crippen LogP contribution in [-0.4, -0.2) is 36.0 Å². The first kappa shape index (κ1) is 20.6. The van der Waals surface area contributed by atoms with Gasteiger partial charge in [-0.3, -0.25) is 14.7 Å². The van der Waals surface area contributed by atoms with E-state index >= 15 is 0 Å². The Morgan fingerprint density at radius 1 is 1.23 bits per heavy atom. The lowest BCUT2D eigenvalue weighted by Crippen LogP contribution is -2.43. The highest BCUT2D eigenvalue weighted by atomic mass is 32.1. The molecule has 3 heterocycles. The highest BCUT2D eigenvalue weighted by Gasteiger charge is 2.31. The standard InChI is InChI=1S/C24H27N3O2S/c1-29-21-11-3-2-8-18(21)16-27-14-6-9-19(17-27)23(20-10-4-5-13-25-20)26-24(28)22-12-7-15-30-22/h2-5,7-8,10-13,15,19,23H,6,9,14,16-17H2,1H3,(H,26,28)/t19-,23-/m0/s1. The molecule has 4 rings (SSSR count). The van der Waals surface area contributed by atoms with E-state index in [0.29, 0.717) is 5.92 Å². The largest absolute Gasteiger partial charge is 0.496 e. The van der Waals surface area contributed by atoms with E-state index in [1.54, 1.807) is 13.3 Å². The third kappa shape index (κ3) is 4.89. The number of para-hydroxylation sites is 1. The van der Waals surface area contributed by atoms with Crippen LogP contribution in [0, 0.1) is 5.92 Å². The number of amides is 1. The van der Waals surface area contributed by atoms with Gasteiger partial charge in [-0.2, -0.15) is 0 Å². The van der Waals surface area contributed by atoms with Crippen molar-refractivity contribution in [2.45, 2.75) is 25.4 Å². The molecular formula is C24H27N3O2S. The number of carbonyl (C=O) groups excluding carboxylic acids is 1. The average molecular weight is 422 g/mol. The number of aromatic nitrogens is 1. The fraction of sp³-hybridized carbons (Fsp3) is 0.333. The molecule has 1 saturated heterocycles. The van der Waals surface area contributed by atoms with Crippen LogP contribution in [0.2, 0.25) is 0 Å². The number of thiophene rings is 1. The van der Waals surface area contributed by atoms with E-state index in [-0.39, 0.29) is 11.9 Å². The second kappa shape index (κ2) is 9.87. The summed E-state index contributed by atoms with van der Waals surface area (Å²) < 4.78 is 5.53. The zero-order chi connectivity index (χ0) is 20.8. The van der Waals surface area contributed by atoms with Crippen LogP contribution in [0.4, 0.5) is 0 Å². The first-order chi connectivity index (χ1) is 14.7. The quantitative estimate of drug-likeness (QED) is 0.609. The Labute approximate surface area is 181 Å². The van der Waals surface area contributed by atoms with Crippen LogP contribution in [-0.2, 0) is 6.54 Å². The number of likely N-dealkylation sites (tertiary alicyclic amines) is 1. The molecule has 1 aromatic carbocycles. The minimum absolute atomic E-state index is 0.0255. The third-order valence-electron chi connectivity index (χ3n) is 5.64. The van der Waals surface area contributed by atoms with Crippen LogP contribution in [0.3, 0.4) is 0 Å². The number of nitrogens with zero attached hydrogens (tertiary/aromatic N) is 2. The van der Waals surface area contributed by atoms with E-state index in [9.17, 15) is 4.79 Å². The highest BCUT2D eigenvalue weighted by molar-refractivity contribution is 7.12. The van der Waals surface area contributed by atoms with Crippen LogP contribution in [0.15, 0.2) is 66.2 Å². The second-order valence-corrected chi connectivity index (χ2v) is 8.58. The lowest BCUT2D eigenvalue weighted by molar-refractivity contribution is 0.0878. The van der Waals surface area contributed by atoms with Gasteiger partial charge in [0.2, 0.25) is 0 Å². The molecule has 1 amide bonds. The molecule has 0 radical (unpaired) electrons. The van der Waals surface area contributed by atoms with Crippen molar-refractivity contribution in [3.8, 4) is 5.75 Å². The van der Waals surface area contributed by atoms with Gasteiger partial charge in [0.25, 0.3) is 5.91 Å². The summed E-state index contributed by atoms with van der Waals surface area (Å²) in [7, 11) is 1.72. The third-order valence-corrected chi connectivity index (χ3v) is 6.51. The molecule has 1 aliphatic rings. The van der Waals surface area contributed by atoms with Crippen molar-refractivity contribution < 1.29 is 9.53 Å². The van der Waals surface area contributed by atoms with Crippen molar-refractivity contribution in [2.24, 2.45) is 5.92 Å². The Morgan fingerprint density at radius 2 is 2.10 bits per heavy atom. The van der Waals surface area contributed by atoms with E-state index in [1.165, 1.54) is 16.9 Å². The summed E-state index contributed by atoms with van der Waals surface area (Å²) >= 11 is 1.46. The van der Waals surface area contributed by atoms with Gasteiger partial charge in [0.1, 0.15) is 5.75 Å². The maximum atomic E-state index is 12.8. The molecule has 0 saturated carbocycles. The van der Waals surface area contributed by atoms with Crippen LogP contribution in [0.5, 0.6) is 5.75 Å². The summed E-state index contributed by atoms with van der Waals surface area (Å²) in [6.45, 7) is 2.79. The molecular weight excluding hydrogens is 394 g/mol. The number of piperidine rings is 1. The summed E-state index contributed by atoms with van der Waals surface area (Å²) in [5.41, 5.74) is 2.12. The Morgan fingerprint density at radius 3 is 2.87 bits per heavy atom. The minimum atomic E-state index is -0.110. The maximum Gasteiger partial charge on any atom is 0.261 e. The number of hydrogen-bond donors (Lipinski definition) is 1. The minimum Gasteiger partial charge on any atom is -0.496 e. The predicted octanol–water partition coefficient (Wildman–Crippen LogP) is 4.54. The number of pyridine rings is 1. The second-order valence-electron chi connectivity index (χ2n) is 7.63. The van der Waals surface area contributed by atoms with Crippen molar-refractivity contribution in [3.05, 3.63) is 82.3 Å². The predicted molar refractivity (Wildman–Crippen MR) is 120 cm³/mol. The van der Waals surface area contributed by atoms with Gasteiger partial charge in [0.15, 0.2) is 0 Å². The first-order valence-electron chi connectivity index (χ1n) is 10.3. The molecule has 2 atom stereocenters. The highest BCUT2D eigenvalue weighted by Crippen LogP contribution is 2.31. The molecule has 0 spiro atoms. The van der Waals surface area contributed by atoms with Crippen molar-refractivity contribution in [1.29, 1.82) is 0 Å². The van der Waals surface area contributed by atoms with Gasteiger partial charge in [-0.05, 0) is 54.9 Å². The van der Waals surface area contributed by atoms with E-state index in [2.05, 4.69) is 27.3 Å². The average Bonchev–Trinajstić information content (AvgIpc) is 3.34. The number of methoxy groups -OCH3 is 1. The Bertz CT molecular complexity index is 946. The molecule has 156 valence electrons. The number of ether oxygens (including phenoxy) is 1. The van der Waals surface area contributed by atoms with Gasteiger partial charge in [0.05, 0.1) is 23.7 Å². The van der Waals surface area contributed by atoms with Crippen LogP contribution >= 0.6 is 11.3 Å². The Kier molecular flexibility index (Phi) is 6.77. The van der Waals surface area contributed by atoms with E-state index in [1.807, 2.05) is 47.8 Å². The number of hydrogen-bond acceptors (Lipinski definition) is 5. The maximum absolute atomic E-state index is 12.8. The van der Waals surface area contributed by atoms with Crippen molar-refractivity contribution in [2.75, 3.05) is 20.2 Å². The molecule has 5 nitrogen and oxygen atoms in total. The zero-order valence-electron chi connectivity index (χ0n) is 17.2. The summed E-state index contributed by atoms with van der Waals surface area (Å²) in [4.78, 5) is 20.6. The van der Waals surface area contributed by atoms with Gasteiger partial charge in [-0.15, -0.1) is 11.3 Å². The van der Waals surface area contributed by atoms with Crippen molar-refractivity contribution in [3.63, 3.8) is 0 Å². The van der Waals surface area contributed by atoms with Gasteiger partial charge in [-0.25, -0.2) is 0 Å². The van der Waals surface area contributed by atoms with Gasteiger partial charge < -0.3 is 10.1 Å². The normalized spacial score (nSPS) is 18.0. The molecule has 1 N–H and O–H groups in total. The number of carbonyl (C=O) groups is 1. The van der Waals surface area contributed by atoms with E-state index in [0.717, 1.165) is 48.8 Å². The summed E-state index contributed by atoms with van der Waals surface area (Å²) in [6.07, 6.45) is 3.96. The SMILES string of the molecule is COc1ccccc1CN1CCC[C@H]([C@H](NC(=O)c2cccs2)c2ccccn2)C1. The molecule has 0 aliphatic carbocycles. The molecule has 1 fully saturated rings. The number of benzene rings is 1. The zero-order valence-corrected chi connectivity index (χ0v) is 18.0. The lowest BCUT2D eigenvalue weighted by atomic mass is 9.88. The lowest BCUT2D eigenvalue weighted by Gasteiger charge is -2.37. The fourth-order valence-corrected chi connectivity index (χ4v) is 4.82. The van der Waals surface area contributed by atoms with Crippen molar-refractivity contribution in [1.82, 2.24) is 15.2 Å². The van der Waals surface area contributed by atoms with Gasteiger partial charge in [0, 0.05) is 24.8 Å². The molecule has 30 heavy (non-hydrogen) atoms. The smallest absolute Gasteiger partial charge is 0.261 e.